The van der Waals surface area contributed by atoms with Crippen molar-refractivity contribution in [2.75, 3.05) is 0 Å². The van der Waals surface area contributed by atoms with E-state index < -0.39 is 30.2 Å². The summed E-state index contributed by atoms with van der Waals surface area (Å²) in [6.45, 7) is 0. The molecule has 32 heavy (non-hydrogen) atoms. The van der Waals surface area contributed by atoms with Gasteiger partial charge in [0.25, 0.3) is 10.1 Å². The first-order valence-electron chi connectivity index (χ1n) is 8.96. The second-order valence-corrected chi connectivity index (χ2v) is 9.20. The van der Waals surface area contributed by atoms with E-state index >= 15 is 0 Å². The molecule has 0 saturated carbocycles. The maximum Gasteiger partial charge on any atom is 0.316 e. The lowest BCUT2D eigenvalue weighted by molar-refractivity contribution is 0.476. The van der Waals surface area contributed by atoms with Crippen molar-refractivity contribution < 1.29 is 25.9 Å². The largest absolute Gasteiger partial charge is 0.316 e. The van der Waals surface area contributed by atoms with Crippen LogP contribution < -0.4 is 0 Å². The maximum absolute atomic E-state index is 12.3. The van der Waals surface area contributed by atoms with Gasteiger partial charge in [0.1, 0.15) is 16.3 Å². The van der Waals surface area contributed by atoms with E-state index in [1.807, 2.05) is 0 Å². The molecule has 0 aliphatic carbocycles. The maximum atomic E-state index is 12.3. The Morgan fingerprint density at radius 2 is 1.25 bits per heavy atom. The molecular formula is C20H14N4O6S2. The lowest BCUT2D eigenvalue weighted by atomic mass is 10.1. The average molecular weight is 470 g/mol. The van der Waals surface area contributed by atoms with Gasteiger partial charge in [-0.05, 0) is 11.6 Å². The minimum atomic E-state index is -4.81. The summed E-state index contributed by atoms with van der Waals surface area (Å²) in [4.78, 5) is 7.59. The molecule has 0 amide bonds. The van der Waals surface area contributed by atoms with Crippen molar-refractivity contribution >= 4 is 20.2 Å². The van der Waals surface area contributed by atoms with Crippen molar-refractivity contribution in [2.45, 2.75) is 9.92 Å². The predicted molar refractivity (Wildman–Crippen MR) is 114 cm³/mol. The number of hydrogen-bond acceptors (Lipinski definition) is 8. The van der Waals surface area contributed by atoms with Crippen LogP contribution in [0.5, 0.6) is 0 Å². The first-order valence-corrected chi connectivity index (χ1v) is 11.8. The molecule has 0 saturated heterocycles. The fourth-order valence-electron chi connectivity index (χ4n) is 3.09. The monoisotopic (exact) mass is 470 g/mol. The standard InChI is InChI=1S/C20H14N4O6S2/c25-31(26,27)18-15(13-7-3-1-4-8-13)11-12-21-17(18)19-22-16(14-9-5-2-6-10-14)20(24-23-19)32(28,29)30/h1-12H,(H,25,26,27)(H,28,29,30). The second kappa shape index (κ2) is 8.16. The van der Waals surface area contributed by atoms with Crippen LogP contribution in [0, 0.1) is 0 Å². The summed E-state index contributed by atoms with van der Waals surface area (Å²) in [5.41, 5.74) is 0.312. The van der Waals surface area contributed by atoms with Crippen LogP contribution in [0.3, 0.4) is 0 Å². The lowest BCUT2D eigenvalue weighted by Gasteiger charge is -2.12. The molecule has 0 bridgehead atoms. The van der Waals surface area contributed by atoms with Gasteiger partial charge in [0.05, 0.1) is 0 Å². The highest BCUT2D eigenvalue weighted by molar-refractivity contribution is 7.86. The van der Waals surface area contributed by atoms with Gasteiger partial charge in [-0.1, -0.05) is 60.7 Å². The summed E-state index contributed by atoms with van der Waals surface area (Å²) in [6.07, 6.45) is 1.30. The normalized spacial score (nSPS) is 11.9. The molecule has 4 aromatic rings. The molecule has 0 spiro atoms. The molecule has 4 rings (SSSR count). The minimum absolute atomic E-state index is 0.141. The second-order valence-electron chi connectivity index (χ2n) is 6.51. The number of benzene rings is 2. The van der Waals surface area contributed by atoms with E-state index in [4.69, 9.17) is 0 Å². The molecule has 0 aliphatic heterocycles. The molecule has 0 unspecified atom stereocenters. The van der Waals surface area contributed by atoms with Gasteiger partial charge in [-0.2, -0.15) is 16.8 Å². The summed E-state index contributed by atoms with van der Waals surface area (Å²) >= 11 is 0. The van der Waals surface area contributed by atoms with Crippen LogP contribution in [0.1, 0.15) is 0 Å². The molecule has 162 valence electrons. The van der Waals surface area contributed by atoms with E-state index in [0.29, 0.717) is 5.56 Å². The molecule has 0 atom stereocenters. The topological polar surface area (TPSA) is 160 Å². The molecule has 10 nitrogen and oxygen atoms in total. The molecule has 2 N–H and O–H groups in total. The molecule has 0 fully saturated rings. The Bertz CT molecular complexity index is 1510. The highest BCUT2D eigenvalue weighted by atomic mass is 32.2. The van der Waals surface area contributed by atoms with Crippen molar-refractivity contribution in [3.05, 3.63) is 72.9 Å². The summed E-state index contributed by atoms with van der Waals surface area (Å²) < 4.78 is 67.7. The zero-order valence-corrected chi connectivity index (χ0v) is 17.7. The first kappa shape index (κ1) is 21.6. The Labute approximate surface area is 183 Å². The van der Waals surface area contributed by atoms with Gasteiger partial charge in [-0.15, -0.1) is 10.2 Å². The number of pyridine rings is 1. The van der Waals surface area contributed by atoms with Gasteiger partial charge in [-0.25, -0.2) is 4.98 Å². The molecule has 2 heterocycles. The van der Waals surface area contributed by atoms with Crippen molar-refractivity contribution in [3.63, 3.8) is 0 Å². The molecule has 0 aliphatic rings. The fourth-order valence-corrected chi connectivity index (χ4v) is 4.49. The van der Waals surface area contributed by atoms with Crippen LogP contribution in [0.25, 0.3) is 33.9 Å². The van der Waals surface area contributed by atoms with Crippen LogP contribution in [0.4, 0.5) is 0 Å². The molecule has 0 radical (unpaired) electrons. The fraction of sp³-hybridized carbons (Fsp3) is 0. The molecule has 12 heteroatoms. The van der Waals surface area contributed by atoms with Gasteiger partial charge < -0.3 is 0 Å². The van der Waals surface area contributed by atoms with Crippen LogP contribution in [0.15, 0.2) is 82.8 Å². The van der Waals surface area contributed by atoms with Gasteiger partial charge in [-0.3, -0.25) is 14.1 Å². The Kier molecular flexibility index (Phi) is 5.52. The third-order valence-electron chi connectivity index (χ3n) is 4.41. The Morgan fingerprint density at radius 1 is 0.656 bits per heavy atom. The van der Waals surface area contributed by atoms with E-state index in [-0.39, 0.29) is 28.3 Å². The van der Waals surface area contributed by atoms with Crippen LogP contribution >= 0.6 is 0 Å². The van der Waals surface area contributed by atoms with E-state index in [1.165, 1.54) is 24.4 Å². The first-order chi connectivity index (χ1) is 15.2. The van der Waals surface area contributed by atoms with Crippen LogP contribution in [-0.4, -0.2) is 46.1 Å². The SMILES string of the molecule is O=S(=O)(O)c1nnc(-c2nccc(-c3ccccc3)c2S(=O)(=O)O)nc1-c1ccccc1. The molecular weight excluding hydrogens is 456 g/mol. The highest BCUT2D eigenvalue weighted by Crippen LogP contribution is 2.34. The van der Waals surface area contributed by atoms with Crippen molar-refractivity contribution in [1.29, 1.82) is 0 Å². The molecule has 2 aromatic carbocycles. The summed E-state index contributed by atoms with van der Waals surface area (Å²) in [5.74, 6) is -0.360. The Balaban J connectivity index is 2.03. The van der Waals surface area contributed by atoms with Crippen molar-refractivity contribution in [2.24, 2.45) is 0 Å². The van der Waals surface area contributed by atoms with E-state index in [2.05, 4.69) is 20.2 Å². The van der Waals surface area contributed by atoms with E-state index in [9.17, 15) is 25.9 Å². The third-order valence-corrected chi connectivity index (χ3v) is 6.10. The van der Waals surface area contributed by atoms with Gasteiger partial charge in [0.2, 0.25) is 10.9 Å². The Morgan fingerprint density at radius 3 is 1.81 bits per heavy atom. The number of nitrogens with zero attached hydrogens (tertiary/aromatic N) is 4. The van der Waals surface area contributed by atoms with E-state index in [0.717, 1.165) is 0 Å². The van der Waals surface area contributed by atoms with Crippen LogP contribution in [0.2, 0.25) is 0 Å². The van der Waals surface area contributed by atoms with Crippen molar-refractivity contribution in [1.82, 2.24) is 20.2 Å². The zero-order chi connectivity index (χ0) is 22.9. The van der Waals surface area contributed by atoms with Gasteiger partial charge >= 0.3 is 10.1 Å². The van der Waals surface area contributed by atoms with Gasteiger partial charge in [0.15, 0.2) is 0 Å². The number of hydrogen-bond donors (Lipinski definition) is 2. The minimum Gasteiger partial charge on any atom is -0.282 e. The molecule has 2 aromatic heterocycles. The zero-order valence-electron chi connectivity index (χ0n) is 16.1. The smallest absolute Gasteiger partial charge is 0.282 e. The highest BCUT2D eigenvalue weighted by Gasteiger charge is 2.28. The Hall–Kier alpha value is -3.58. The number of aromatic nitrogens is 4. The quantitative estimate of drug-likeness (QED) is 0.415. The van der Waals surface area contributed by atoms with E-state index in [1.54, 1.807) is 48.5 Å². The summed E-state index contributed by atoms with van der Waals surface area (Å²) in [7, 11) is -9.61. The van der Waals surface area contributed by atoms with Crippen molar-refractivity contribution in [3.8, 4) is 33.9 Å². The van der Waals surface area contributed by atoms with Gasteiger partial charge in [0, 0.05) is 17.3 Å². The average Bonchev–Trinajstić information content (AvgIpc) is 2.78. The number of rotatable bonds is 5. The predicted octanol–water partition coefficient (Wildman–Crippen LogP) is 2.76. The summed E-state index contributed by atoms with van der Waals surface area (Å²) in [5, 5.41) is 6.43. The third kappa shape index (κ3) is 4.24. The summed E-state index contributed by atoms with van der Waals surface area (Å²) in [6, 6.07) is 17.8. The lowest BCUT2D eigenvalue weighted by Crippen LogP contribution is -2.11. The van der Waals surface area contributed by atoms with Crippen LogP contribution in [-0.2, 0) is 20.2 Å².